The molecule has 0 aliphatic carbocycles. The Balaban J connectivity index is 1.54. The molecule has 4 rings (SSSR count). The van der Waals surface area contributed by atoms with Crippen molar-refractivity contribution in [3.63, 3.8) is 0 Å². The summed E-state index contributed by atoms with van der Waals surface area (Å²) in [5, 5.41) is 6.86. The van der Waals surface area contributed by atoms with Gasteiger partial charge in [0.25, 0.3) is 0 Å². The van der Waals surface area contributed by atoms with Crippen molar-refractivity contribution < 1.29 is 18.7 Å². The minimum Gasteiger partial charge on any atom is -0.496 e. The molecule has 0 aliphatic rings. The van der Waals surface area contributed by atoms with E-state index in [9.17, 15) is 4.79 Å². The van der Waals surface area contributed by atoms with Gasteiger partial charge in [0.15, 0.2) is 12.2 Å². The van der Waals surface area contributed by atoms with Crippen molar-refractivity contribution in [1.82, 2.24) is 14.6 Å². The van der Waals surface area contributed by atoms with Gasteiger partial charge in [-0.05, 0) is 42.8 Å². The van der Waals surface area contributed by atoms with E-state index in [0.717, 1.165) is 34.0 Å². The summed E-state index contributed by atoms with van der Waals surface area (Å²) in [7, 11) is 1.62. The van der Waals surface area contributed by atoms with Crippen LogP contribution in [0.2, 0.25) is 0 Å². The summed E-state index contributed by atoms with van der Waals surface area (Å²) in [6.07, 6.45) is 2.45. The molecular weight excluding hydrogens is 392 g/mol. The second kappa shape index (κ2) is 8.11. The number of benzene rings is 2. The molecular formula is C20H16N4O4S. The van der Waals surface area contributed by atoms with Gasteiger partial charge >= 0.3 is 6.09 Å². The maximum absolute atomic E-state index is 12.0. The van der Waals surface area contributed by atoms with Crippen LogP contribution in [0.5, 0.6) is 10.8 Å². The van der Waals surface area contributed by atoms with Crippen LogP contribution in [0.3, 0.4) is 0 Å². The first-order valence-corrected chi connectivity index (χ1v) is 9.36. The number of amides is 1. The minimum atomic E-state index is -0.600. The van der Waals surface area contributed by atoms with Crippen molar-refractivity contribution in [3.05, 3.63) is 60.7 Å². The molecule has 2 aromatic carbocycles. The van der Waals surface area contributed by atoms with E-state index in [0.29, 0.717) is 22.2 Å². The molecule has 0 spiro atoms. The van der Waals surface area contributed by atoms with E-state index in [-0.39, 0.29) is 0 Å². The molecule has 0 unspecified atom stereocenters. The molecule has 0 saturated carbocycles. The second-order valence-electron chi connectivity index (χ2n) is 6.02. The Bertz CT molecular complexity index is 1120. The van der Waals surface area contributed by atoms with Gasteiger partial charge in [-0.1, -0.05) is 16.6 Å². The molecule has 0 bridgehead atoms. The normalized spacial score (nSPS) is 10.6. The number of aromatic nitrogens is 3. The van der Waals surface area contributed by atoms with Crippen LogP contribution in [0, 0.1) is 6.92 Å². The third-order valence-corrected chi connectivity index (χ3v) is 4.86. The Kier molecular flexibility index (Phi) is 5.21. The zero-order valence-corrected chi connectivity index (χ0v) is 16.4. The van der Waals surface area contributed by atoms with Crippen molar-refractivity contribution >= 4 is 23.3 Å². The largest absolute Gasteiger partial charge is 0.496 e. The zero-order valence-electron chi connectivity index (χ0n) is 15.6. The first kappa shape index (κ1) is 18.6. The zero-order chi connectivity index (χ0) is 20.2. The summed E-state index contributed by atoms with van der Waals surface area (Å²) < 4.78 is 19.8. The van der Waals surface area contributed by atoms with Crippen molar-refractivity contribution in [1.29, 1.82) is 0 Å². The molecule has 1 amide bonds. The molecule has 4 aromatic rings. The monoisotopic (exact) mass is 408 g/mol. The topological polar surface area (TPSA) is 99.4 Å². The highest BCUT2D eigenvalue weighted by Crippen LogP contribution is 2.34. The highest BCUT2D eigenvalue weighted by molar-refractivity contribution is 7.07. The molecule has 9 heteroatoms. The van der Waals surface area contributed by atoms with Crippen LogP contribution in [-0.2, 0) is 0 Å². The number of oxazole rings is 1. The fourth-order valence-corrected chi connectivity index (χ4v) is 3.25. The van der Waals surface area contributed by atoms with E-state index >= 15 is 0 Å². The molecule has 0 radical (unpaired) electrons. The van der Waals surface area contributed by atoms with Gasteiger partial charge in [0.05, 0.1) is 13.3 Å². The highest BCUT2D eigenvalue weighted by atomic mass is 32.1. The van der Waals surface area contributed by atoms with Crippen LogP contribution in [0.1, 0.15) is 5.69 Å². The summed E-state index contributed by atoms with van der Waals surface area (Å²) >= 11 is 1.02. The van der Waals surface area contributed by atoms with Gasteiger partial charge in [-0.2, -0.15) is 0 Å². The number of methoxy groups -OCH3 is 1. The molecule has 146 valence electrons. The summed E-state index contributed by atoms with van der Waals surface area (Å²) in [5.41, 5.74) is 3.86. The first-order chi connectivity index (χ1) is 14.1. The van der Waals surface area contributed by atoms with E-state index in [1.165, 1.54) is 6.39 Å². The van der Waals surface area contributed by atoms with Crippen LogP contribution in [-0.4, -0.2) is 27.8 Å². The summed E-state index contributed by atoms with van der Waals surface area (Å²) in [6.45, 7) is 1.72. The van der Waals surface area contributed by atoms with Gasteiger partial charge in [0, 0.05) is 28.3 Å². The first-order valence-electron chi connectivity index (χ1n) is 8.59. The number of nitrogens with zero attached hydrogens (tertiary/aromatic N) is 3. The lowest BCUT2D eigenvalue weighted by Crippen LogP contribution is -2.16. The lowest BCUT2D eigenvalue weighted by atomic mass is 10.0. The minimum absolute atomic E-state index is 0.369. The molecule has 0 aliphatic heterocycles. The fourth-order valence-electron chi connectivity index (χ4n) is 2.72. The third kappa shape index (κ3) is 4.09. The predicted molar refractivity (Wildman–Crippen MR) is 108 cm³/mol. The Labute approximate surface area is 170 Å². The summed E-state index contributed by atoms with van der Waals surface area (Å²) in [4.78, 5) is 16.0. The Morgan fingerprint density at radius 1 is 1.14 bits per heavy atom. The van der Waals surface area contributed by atoms with Gasteiger partial charge in [-0.3, -0.25) is 5.32 Å². The molecule has 0 fully saturated rings. The van der Waals surface area contributed by atoms with Crippen molar-refractivity contribution in [3.8, 4) is 33.3 Å². The lowest BCUT2D eigenvalue weighted by molar-refractivity contribution is 0.216. The molecule has 2 heterocycles. The molecule has 0 saturated heterocycles. The number of hydrogen-bond donors (Lipinski definition) is 1. The predicted octanol–water partition coefficient (Wildman–Crippen LogP) is 4.79. The second-order valence-corrected chi connectivity index (χ2v) is 6.74. The van der Waals surface area contributed by atoms with E-state index in [2.05, 4.69) is 19.9 Å². The quantitative estimate of drug-likeness (QED) is 0.507. The van der Waals surface area contributed by atoms with Crippen LogP contribution < -0.4 is 14.8 Å². The number of carbonyl (C=O) groups excluding carboxylic acids is 1. The van der Waals surface area contributed by atoms with Crippen molar-refractivity contribution in [2.45, 2.75) is 6.92 Å². The molecule has 8 nitrogen and oxygen atoms in total. The number of carbonyl (C=O) groups is 1. The highest BCUT2D eigenvalue weighted by Gasteiger charge is 2.13. The summed E-state index contributed by atoms with van der Waals surface area (Å²) in [5.74, 6) is 1.39. The molecule has 29 heavy (non-hydrogen) atoms. The number of aryl methyl sites for hydroxylation is 1. The van der Waals surface area contributed by atoms with E-state index in [1.807, 2.05) is 30.3 Å². The van der Waals surface area contributed by atoms with Gasteiger partial charge in [-0.15, -0.1) is 5.10 Å². The molecule has 2 aromatic heterocycles. The molecule has 0 atom stereocenters. The number of anilines is 1. The number of rotatable bonds is 5. The van der Waals surface area contributed by atoms with E-state index in [1.54, 1.807) is 32.4 Å². The Morgan fingerprint density at radius 2 is 1.93 bits per heavy atom. The Morgan fingerprint density at radius 3 is 2.59 bits per heavy atom. The van der Waals surface area contributed by atoms with Crippen LogP contribution >= 0.6 is 11.5 Å². The third-order valence-electron chi connectivity index (χ3n) is 4.15. The number of nitrogens with one attached hydrogen (secondary N) is 1. The number of hydrogen-bond acceptors (Lipinski definition) is 8. The Hall–Kier alpha value is -3.72. The van der Waals surface area contributed by atoms with Gasteiger partial charge in [-0.25, -0.2) is 9.78 Å². The van der Waals surface area contributed by atoms with E-state index < -0.39 is 6.09 Å². The average Bonchev–Trinajstić information content (AvgIpc) is 3.41. The lowest BCUT2D eigenvalue weighted by Gasteiger charge is -2.11. The fraction of sp³-hybridized carbons (Fsp3) is 0.100. The van der Waals surface area contributed by atoms with Gasteiger partial charge < -0.3 is 13.9 Å². The standard InChI is InChI=1S/C20H16N4O4S/c1-12-19(29-24-23-12)28-20(25)22-15-6-3-13(4-7-15)16-9-14(5-8-17(16)26-2)18-10-21-11-27-18/h3-11H,1-2H3,(H,22,25). The van der Waals surface area contributed by atoms with Crippen molar-refractivity contribution in [2.75, 3.05) is 12.4 Å². The SMILES string of the molecule is COc1ccc(-c2cnco2)cc1-c1ccc(NC(=O)Oc2snnc2C)cc1. The molecule has 1 N–H and O–H groups in total. The van der Waals surface area contributed by atoms with Crippen molar-refractivity contribution in [2.24, 2.45) is 0 Å². The summed E-state index contributed by atoms with van der Waals surface area (Å²) in [6, 6.07) is 13.1. The maximum atomic E-state index is 12.0. The maximum Gasteiger partial charge on any atom is 0.418 e. The average molecular weight is 408 g/mol. The smallest absolute Gasteiger partial charge is 0.418 e. The van der Waals surface area contributed by atoms with Crippen LogP contribution in [0.4, 0.5) is 10.5 Å². The van der Waals surface area contributed by atoms with Crippen LogP contribution in [0.15, 0.2) is 59.5 Å². The van der Waals surface area contributed by atoms with E-state index in [4.69, 9.17) is 13.9 Å². The van der Waals surface area contributed by atoms with Gasteiger partial charge in [0.1, 0.15) is 11.4 Å². The number of ether oxygens (including phenoxy) is 2. The van der Waals surface area contributed by atoms with Crippen LogP contribution in [0.25, 0.3) is 22.5 Å². The van der Waals surface area contributed by atoms with Gasteiger partial charge in [0.2, 0.25) is 5.06 Å².